The number of nitrogens with one attached hydrogen (secondary N) is 2. The van der Waals surface area contributed by atoms with Crippen LogP contribution in [0.3, 0.4) is 0 Å². The number of carbonyl (C=O) groups excluding carboxylic acids is 2. The van der Waals surface area contributed by atoms with Crippen LogP contribution in [0.4, 0.5) is 16.2 Å². The van der Waals surface area contributed by atoms with Crippen molar-refractivity contribution in [1.29, 1.82) is 0 Å². The second kappa shape index (κ2) is 10.7. The molecule has 0 heterocycles. The van der Waals surface area contributed by atoms with E-state index in [1.807, 2.05) is 12.1 Å². The van der Waals surface area contributed by atoms with Crippen molar-refractivity contribution in [2.24, 2.45) is 0 Å². The van der Waals surface area contributed by atoms with Gasteiger partial charge in [-0.25, -0.2) is 4.79 Å². The summed E-state index contributed by atoms with van der Waals surface area (Å²) in [5.41, 5.74) is 2.72. The van der Waals surface area contributed by atoms with E-state index in [9.17, 15) is 9.59 Å². The zero-order chi connectivity index (χ0) is 22.1. The summed E-state index contributed by atoms with van der Waals surface area (Å²) in [5, 5.41) is 5.48. The lowest BCUT2D eigenvalue weighted by Crippen LogP contribution is -2.13. The molecule has 0 unspecified atom stereocenters. The number of benzene rings is 3. The second-order valence-corrected chi connectivity index (χ2v) is 6.54. The average molecular weight is 420 g/mol. The van der Waals surface area contributed by atoms with Crippen molar-refractivity contribution in [2.75, 3.05) is 24.4 Å². The van der Waals surface area contributed by atoms with Crippen molar-refractivity contribution in [3.8, 4) is 11.5 Å². The average Bonchev–Trinajstić information content (AvgIpc) is 2.79. The fourth-order valence-electron chi connectivity index (χ4n) is 2.75. The van der Waals surface area contributed by atoms with Crippen molar-refractivity contribution in [1.82, 2.24) is 0 Å². The van der Waals surface area contributed by atoms with Crippen LogP contribution in [0, 0.1) is 0 Å². The first-order valence-corrected chi connectivity index (χ1v) is 9.78. The lowest BCUT2D eigenvalue weighted by Gasteiger charge is -2.10. The first-order chi connectivity index (χ1) is 15.1. The van der Waals surface area contributed by atoms with E-state index in [0.717, 1.165) is 11.3 Å². The Labute approximate surface area is 180 Å². The van der Waals surface area contributed by atoms with Gasteiger partial charge in [0.25, 0.3) is 5.91 Å². The Bertz CT molecular complexity index is 1020. The highest BCUT2D eigenvalue weighted by Crippen LogP contribution is 2.20. The van der Waals surface area contributed by atoms with Gasteiger partial charge in [0, 0.05) is 23.0 Å². The Morgan fingerprint density at radius 1 is 0.839 bits per heavy atom. The quantitative estimate of drug-likeness (QED) is 0.530. The van der Waals surface area contributed by atoms with Crippen LogP contribution in [0.5, 0.6) is 11.5 Å². The molecule has 31 heavy (non-hydrogen) atoms. The zero-order valence-electron chi connectivity index (χ0n) is 17.4. The largest absolute Gasteiger partial charge is 0.497 e. The van der Waals surface area contributed by atoms with E-state index in [0.29, 0.717) is 35.9 Å². The van der Waals surface area contributed by atoms with E-state index in [2.05, 4.69) is 10.6 Å². The monoisotopic (exact) mass is 420 g/mol. The van der Waals surface area contributed by atoms with Crippen molar-refractivity contribution in [3.05, 3.63) is 83.9 Å². The first-order valence-electron chi connectivity index (χ1n) is 9.78. The van der Waals surface area contributed by atoms with Gasteiger partial charge in [-0.2, -0.15) is 0 Å². The zero-order valence-corrected chi connectivity index (χ0v) is 17.4. The molecule has 2 amide bonds. The topological polar surface area (TPSA) is 85.9 Å². The normalized spacial score (nSPS) is 10.1. The van der Waals surface area contributed by atoms with Crippen LogP contribution in [0.2, 0.25) is 0 Å². The lowest BCUT2D eigenvalue weighted by molar-refractivity contribution is 0.102. The lowest BCUT2D eigenvalue weighted by atomic mass is 10.1. The van der Waals surface area contributed by atoms with E-state index in [-0.39, 0.29) is 5.91 Å². The minimum absolute atomic E-state index is 0.199. The minimum atomic E-state index is -0.511. The van der Waals surface area contributed by atoms with E-state index in [1.165, 1.54) is 0 Å². The van der Waals surface area contributed by atoms with E-state index in [4.69, 9.17) is 14.2 Å². The summed E-state index contributed by atoms with van der Waals surface area (Å²) < 4.78 is 15.8. The van der Waals surface area contributed by atoms with Gasteiger partial charge < -0.3 is 19.5 Å². The number of ether oxygens (including phenoxy) is 3. The Morgan fingerprint density at radius 2 is 1.58 bits per heavy atom. The Kier molecular flexibility index (Phi) is 7.48. The summed E-state index contributed by atoms with van der Waals surface area (Å²) in [6, 6.07) is 21.3. The Hall–Kier alpha value is -4.00. The summed E-state index contributed by atoms with van der Waals surface area (Å²) in [5.74, 6) is 1.13. The van der Waals surface area contributed by atoms with Gasteiger partial charge in [0.2, 0.25) is 0 Å². The number of anilines is 2. The standard InChI is InChI=1S/C24H24N2O5/c1-3-30-24(28)26-20-5-4-6-22(15-20)31-16-17-7-9-18(10-8-17)23(27)25-19-11-13-21(29-2)14-12-19/h4-15H,3,16H2,1-2H3,(H,25,27)(H,26,28). The molecule has 2 N–H and O–H groups in total. The molecule has 3 aromatic carbocycles. The Morgan fingerprint density at radius 3 is 2.26 bits per heavy atom. The number of hydrogen-bond donors (Lipinski definition) is 2. The molecule has 0 fully saturated rings. The van der Waals surface area contributed by atoms with Crippen LogP contribution in [0.25, 0.3) is 0 Å². The van der Waals surface area contributed by atoms with Crippen LogP contribution < -0.4 is 20.1 Å². The van der Waals surface area contributed by atoms with Gasteiger partial charge in [-0.15, -0.1) is 0 Å². The highest BCUT2D eigenvalue weighted by molar-refractivity contribution is 6.04. The molecule has 7 heteroatoms. The predicted molar refractivity (Wildman–Crippen MR) is 119 cm³/mol. The summed E-state index contributed by atoms with van der Waals surface area (Å²) >= 11 is 0. The summed E-state index contributed by atoms with van der Waals surface area (Å²) in [4.78, 5) is 23.9. The SMILES string of the molecule is CCOC(=O)Nc1cccc(OCc2ccc(C(=O)Nc3ccc(OC)cc3)cc2)c1. The van der Waals surface area contributed by atoms with Crippen LogP contribution in [0.1, 0.15) is 22.8 Å². The summed E-state index contributed by atoms with van der Waals surface area (Å²) in [6.45, 7) is 2.37. The molecule has 0 saturated carbocycles. The molecule has 3 aromatic rings. The summed E-state index contributed by atoms with van der Waals surface area (Å²) in [7, 11) is 1.59. The van der Waals surface area contributed by atoms with Gasteiger partial charge in [0.05, 0.1) is 13.7 Å². The molecule has 3 rings (SSSR count). The molecule has 0 radical (unpaired) electrons. The molecule has 160 valence electrons. The van der Waals surface area contributed by atoms with Crippen molar-refractivity contribution < 1.29 is 23.8 Å². The van der Waals surface area contributed by atoms with Crippen LogP contribution in [0.15, 0.2) is 72.8 Å². The Balaban J connectivity index is 1.54. The number of hydrogen-bond acceptors (Lipinski definition) is 5. The molecule has 0 aliphatic carbocycles. The fraction of sp³-hybridized carbons (Fsp3) is 0.167. The number of carbonyl (C=O) groups is 2. The predicted octanol–water partition coefficient (Wildman–Crippen LogP) is 5.09. The van der Waals surface area contributed by atoms with Gasteiger partial charge in [0.15, 0.2) is 0 Å². The van der Waals surface area contributed by atoms with Crippen LogP contribution in [-0.2, 0) is 11.3 Å². The third-order valence-electron chi connectivity index (χ3n) is 4.33. The first kappa shape index (κ1) is 21.7. The molecular weight excluding hydrogens is 396 g/mol. The smallest absolute Gasteiger partial charge is 0.411 e. The molecular formula is C24H24N2O5. The molecule has 0 atom stereocenters. The minimum Gasteiger partial charge on any atom is -0.497 e. The molecule has 0 spiro atoms. The summed E-state index contributed by atoms with van der Waals surface area (Å²) in [6.07, 6.45) is -0.511. The van der Waals surface area contributed by atoms with Gasteiger partial charge in [-0.05, 0) is 61.0 Å². The molecule has 0 saturated heterocycles. The van der Waals surface area contributed by atoms with Crippen LogP contribution >= 0.6 is 0 Å². The number of amides is 2. The van der Waals surface area contributed by atoms with E-state index < -0.39 is 6.09 Å². The van der Waals surface area contributed by atoms with Gasteiger partial charge in [-0.3, -0.25) is 10.1 Å². The van der Waals surface area contributed by atoms with Crippen LogP contribution in [-0.4, -0.2) is 25.7 Å². The maximum atomic E-state index is 12.4. The van der Waals surface area contributed by atoms with Crippen molar-refractivity contribution in [3.63, 3.8) is 0 Å². The van der Waals surface area contributed by atoms with E-state index >= 15 is 0 Å². The number of methoxy groups -OCH3 is 1. The molecule has 0 aromatic heterocycles. The highest BCUT2D eigenvalue weighted by Gasteiger charge is 2.07. The van der Waals surface area contributed by atoms with Crippen molar-refractivity contribution >= 4 is 23.4 Å². The highest BCUT2D eigenvalue weighted by atomic mass is 16.5. The van der Waals surface area contributed by atoms with Gasteiger partial charge in [-0.1, -0.05) is 18.2 Å². The molecule has 0 aliphatic rings. The molecule has 0 aliphatic heterocycles. The maximum absolute atomic E-state index is 12.4. The third kappa shape index (κ3) is 6.50. The van der Waals surface area contributed by atoms with E-state index in [1.54, 1.807) is 74.7 Å². The third-order valence-corrected chi connectivity index (χ3v) is 4.33. The molecule has 7 nitrogen and oxygen atoms in total. The second-order valence-electron chi connectivity index (χ2n) is 6.54. The fourth-order valence-corrected chi connectivity index (χ4v) is 2.75. The molecule has 0 bridgehead atoms. The van der Waals surface area contributed by atoms with Gasteiger partial charge >= 0.3 is 6.09 Å². The maximum Gasteiger partial charge on any atom is 0.411 e. The van der Waals surface area contributed by atoms with Gasteiger partial charge in [0.1, 0.15) is 18.1 Å². The van der Waals surface area contributed by atoms with Crippen molar-refractivity contribution in [2.45, 2.75) is 13.5 Å². The number of rotatable bonds is 8.